The van der Waals surface area contributed by atoms with E-state index < -0.39 is 17.2 Å². The Hall–Kier alpha value is -4.61. The molecular weight excluding hydrogens is 558 g/mol. The molecule has 1 aliphatic carbocycles. The molecule has 0 atom stereocenters. The summed E-state index contributed by atoms with van der Waals surface area (Å²) in [5.41, 5.74) is 1.08. The van der Waals surface area contributed by atoms with Crippen LogP contribution in [-0.4, -0.2) is 57.5 Å². The van der Waals surface area contributed by atoms with Crippen LogP contribution in [0.5, 0.6) is 0 Å². The molecule has 2 aromatic carbocycles. The highest BCUT2D eigenvalue weighted by Gasteiger charge is 2.54. The third-order valence-electron chi connectivity index (χ3n) is 7.82. The number of anilines is 2. The van der Waals surface area contributed by atoms with Crippen LogP contribution in [0.25, 0.3) is 11.4 Å². The molecule has 0 radical (unpaired) electrons. The van der Waals surface area contributed by atoms with Gasteiger partial charge in [-0.25, -0.2) is 23.5 Å². The fourth-order valence-corrected chi connectivity index (χ4v) is 5.91. The Morgan fingerprint density at radius 3 is 2.37 bits per heavy atom. The molecular formula is C31H32F2N6O4. The predicted molar refractivity (Wildman–Crippen MR) is 153 cm³/mol. The number of aromatic nitrogens is 2. The quantitative estimate of drug-likeness (QED) is 0.387. The maximum Gasteiger partial charge on any atom is 0.410 e. The number of amides is 3. The second kappa shape index (κ2) is 10.6. The van der Waals surface area contributed by atoms with Gasteiger partial charge in [0.1, 0.15) is 28.6 Å². The molecule has 6 rings (SSSR count). The van der Waals surface area contributed by atoms with Crippen molar-refractivity contribution in [3.05, 3.63) is 70.9 Å². The first-order valence-corrected chi connectivity index (χ1v) is 14.1. The van der Waals surface area contributed by atoms with Crippen LogP contribution >= 0.6 is 0 Å². The number of fused-ring (bicyclic) bond motifs is 1. The van der Waals surface area contributed by atoms with Crippen LogP contribution in [0.4, 0.5) is 25.1 Å². The highest BCUT2D eigenvalue weighted by Crippen LogP contribution is 2.48. The number of carbonyl (C=O) groups is 3. The number of likely N-dealkylation sites (tertiary alicyclic amines) is 1. The molecule has 10 nitrogen and oxygen atoms in total. The van der Waals surface area contributed by atoms with Crippen molar-refractivity contribution in [2.75, 3.05) is 18.4 Å². The summed E-state index contributed by atoms with van der Waals surface area (Å²) in [6.45, 7) is 6.95. The number of carbonyl (C=O) groups excluding carboxylic acids is 3. The van der Waals surface area contributed by atoms with Gasteiger partial charge >= 0.3 is 6.09 Å². The Bertz CT molecular complexity index is 1590. The predicted octanol–water partition coefficient (Wildman–Crippen LogP) is 4.47. The minimum Gasteiger partial charge on any atom is -0.444 e. The summed E-state index contributed by atoms with van der Waals surface area (Å²) in [5, 5.41) is 8.81. The minimum atomic E-state index is -0.807. The van der Waals surface area contributed by atoms with E-state index in [0.29, 0.717) is 24.5 Å². The smallest absolute Gasteiger partial charge is 0.410 e. The normalized spacial score (nSPS) is 17.0. The van der Waals surface area contributed by atoms with Gasteiger partial charge in [0.15, 0.2) is 5.82 Å². The zero-order chi connectivity index (χ0) is 30.5. The molecule has 224 valence electrons. The molecule has 1 aromatic heterocycles. The van der Waals surface area contributed by atoms with Crippen molar-refractivity contribution in [2.24, 2.45) is 5.41 Å². The lowest BCUT2D eigenvalue weighted by Gasteiger charge is -2.58. The molecule has 0 unspecified atom stereocenters. The molecule has 2 fully saturated rings. The summed E-state index contributed by atoms with van der Waals surface area (Å²) < 4.78 is 34.3. The second-order valence-corrected chi connectivity index (χ2v) is 12.5. The van der Waals surface area contributed by atoms with Gasteiger partial charge in [-0.2, -0.15) is 0 Å². The van der Waals surface area contributed by atoms with Gasteiger partial charge in [0.25, 0.3) is 5.91 Å². The first-order chi connectivity index (χ1) is 20.4. The summed E-state index contributed by atoms with van der Waals surface area (Å²) >= 11 is 0. The summed E-state index contributed by atoms with van der Waals surface area (Å²) in [4.78, 5) is 47.6. The topological polar surface area (TPSA) is 126 Å². The van der Waals surface area contributed by atoms with E-state index in [9.17, 15) is 23.2 Å². The zero-order valence-electron chi connectivity index (χ0n) is 24.1. The van der Waals surface area contributed by atoms with E-state index in [4.69, 9.17) is 4.74 Å². The molecule has 3 aromatic rings. The first kappa shape index (κ1) is 28.5. The maximum absolute atomic E-state index is 14.5. The molecule has 1 spiro atoms. The molecule has 3 heterocycles. The van der Waals surface area contributed by atoms with E-state index in [1.807, 2.05) is 20.8 Å². The van der Waals surface area contributed by atoms with E-state index >= 15 is 0 Å². The SMILES string of the molecule is CC(C)(C)OC(=O)N1CC2(CC(NC(=O)Cc3ccc(Nc4nc(-c5c(F)cccc5F)nc5c4C(=O)NC5)cc3)C2)C1. The van der Waals surface area contributed by atoms with Gasteiger partial charge in [-0.1, -0.05) is 18.2 Å². The number of nitrogens with one attached hydrogen (secondary N) is 3. The summed E-state index contributed by atoms with van der Waals surface area (Å²) in [6, 6.07) is 10.6. The standard InChI is InChI=1S/C31H32F2N6O4/c1-30(2,3)43-29(42)39-15-31(16-39)12-19(13-31)35-23(40)11-17-7-9-18(10-8-17)36-27-25-22(14-34-28(25)41)37-26(38-27)24-20(32)5-4-6-21(24)33/h4-10,19H,11-16H2,1-3H3,(H,34,41)(H,35,40)(H,36,37,38). The number of nitrogens with zero attached hydrogens (tertiary/aromatic N) is 3. The minimum absolute atomic E-state index is 0.0676. The van der Waals surface area contributed by atoms with E-state index in [0.717, 1.165) is 30.5 Å². The molecule has 1 saturated heterocycles. The van der Waals surface area contributed by atoms with Crippen molar-refractivity contribution in [2.45, 2.75) is 58.2 Å². The van der Waals surface area contributed by atoms with Gasteiger partial charge in [0, 0.05) is 30.2 Å². The molecule has 1 saturated carbocycles. The lowest BCUT2D eigenvalue weighted by molar-refractivity contribution is -0.126. The summed E-state index contributed by atoms with van der Waals surface area (Å²) in [5.74, 6) is -2.13. The Kier molecular flexibility index (Phi) is 7.02. The number of benzene rings is 2. The van der Waals surface area contributed by atoms with Crippen LogP contribution in [0.2, 0.25) is 0 Å². The molecule has 12 heteroatoms. The fraction of sp³-hybridized carbons (Fsp3) is 0.387. The van der Waals surface area contributed by atoms with Crippen LogP contribution in [0, 0.1) is 17.0 Å². The van der Waals surface area contributed by atoms with Gasteiger partial charge in [0.05, 0.1) is 24.2 Å². The molecule has 3 N–H and O–H groups in total. The molecule has 3 aliphatic rings. The van der Waals surface area contributed by atoms with Gasteiger partial charge in [0.2, 0.25) is 5.91 Å². The second-order valence-electron chi connectivity index (χ2n) is 12.5. The number of hydrogen-bond acceptors (Lipinski definition) is 7. The van der Waals surface area contributed by atoms with E-state index in [1.165, 1.54) is 6.07 Å². The lowest BCUT2D eigenvalue weighted by Crippen LogP contribution is -2.67. The maximum atomic E-state index is 14.5. The molecule has 3 amide bonds. The summed E-state index contributed by atoms with van der Waals surface area (Å²) in [6.07, 6.45) is 1.55. The van der Waals surface area contributed by atoms with Crippen LogP contribution in [-0.2, 0) is 22.5 Å². The van der Waals surface area contributed by atoms with Crippen molar-refractivity contribution in [3.63, 3.8) is 0 Å². The average molecular weight is 591 g/mol. The molecule has 0 bridgehead atoms. The van der Waals surface area contributed by atoms with Crippen molar-refractivity contribution in [3.8, 4) is 11.4 Å². The monoisotopic (exact) mass is 590 g/mol. The highest BCUT2D eigenvalue weighted by atomic mass is 19.1. The van der Waals surface area contributed by atoms with E-state index in [1.54, 1.807) is 29.2 Å². The Morgan fingerprint density at radius 2 is 1.72 bits per heavy atom. The van der Waals surface area contributed by atoms with Gasteiger partial charge in [-0.15, -0.1) is 0 Å². The number of hydrogen-bond donors (Lipinski definition) is 3. The Labute approximate surface area is 247 Å². The fourth-order valence-electron chi connectivity index (χ4n) is 5.91. The third-order valence-corrected chi connectivity index (χ3v) is 7.82. The van der Waals surface area contributed by atoms with Crippen LogP contribution < -0.4 is 16.0 Å². The van der Waals surface area contributed by atoms with Crippen molar-refractivity contribution < 1.29 is 27.9 Å². The summed E-state index contributed by atoms with van der Waals surface area (Å²) in [7, 11) is 0. The zero-order valence-corrected chi connectivity index (χ0v) is 24.1. The molecule has 2 aliphatic heterocycles. The van der Waals surface area contributed by atoms with E-state index in [-0.39, 0.29) is 65.1 Å². The highest BCUT2D eigenvalue weighted by molar-refractivity contribution is 6.03. The Balaban J connectivity index is 1.05. The van der Waals surface area contributed by atoms with Gasteiger partial charge < -0.3 is 25.6 Å². The van der Waals surface area contributed by atoms with Crippen LogP contribution in [0.3, 0.4) is 0 Å². The number of ether oxygens (including phenoxy) is 1. The van der Waals surface area contributed by atoms with Crippen LogP contribution in [0.15, 0.2) is 42.5 Å². The van der Waals surface area contributed by atoms with Crippen molar-refractivity contribution in [1.29, 1.82) is 0 Å². The van der Waals surface area contributed by atoms with Crippen molar-refractivity contribution in [1.82, 2.24) is 25.5 Å². The van der Waals surface area contributed by atoms with Gasteiger partial charge in [-0.05, 0) is 63.4 Å². The lowest BCUT2D eigenvalue weighted by atomic mass is 9.61. The first-order valence-electron chi connectivity index (χ1n) is 14.1. The Morgan fingerprint density at radius 1 is 1.05 bits per heavy atom. The number of halogens is 2. The van der Waals surface area contributed by atoms with Gasteiger partial charge in [-0.3, -0.25) is 9.59 Å². The van der Waals surface area contributed by atoms with Crippen molar-refractivity contribution >= 4 is 29.4 Å². The number of rotatable bonds is 6. The van der Waals surface area contributed by atoms with E-state index in [2.05, 4.69) is 25.9 Å². The van der Waals surface area contributed by atoms with Crippen LogP contribution in [0.1, 0.15) is 55.2 Å². The largest absolute Gasteiger partial charge is 0.444 e. The average Bonchev–Trinajstić information content (AvgIpc) is 3.25. The third kappa shape index (κ3) is 5.86. The molecule has 43 heavy (non-hydrogen) atoms.